The average Bonchev–Trinajstić information content (AvgIpc) is 2.56. The molecule has 5 nitrogen and oxygen atoms in total. The van der Waals surface area contributed by atoms with Crippen LogP contribution in [0.25, 0.3) is 0 Å². The number of rotatable bonds is 7. The number of hydrogen-bond acceptors (Lipinski definition) is 4. The molecule has 25 heavy (non-hydrogen) atoms. The summed E-state index contributed by atoms with van der Waals surface area (Å²) in [6, 6.07) is 0.719. The van der Waals surface area contributed by atoms with E-state index < -0.39 is 0 Å². The van der Waals surface area contributed by atoms with E-state index in [0.717, 1.165) is 45.1 Å². The maximum Gasteiger partial charge on any atom is 0.220 e. The van der Waals surface area contributed by atoms with Gasteiger partial charge in [-0.2, -0.15) is 0 Å². The molecule has 0 spiro atoms. The number of halogens is 2. The lowest BCUT2D eigenvalue weighted by atomic mass is 9.71. The maximum absolute atomic E-state index is 12.3. The Morgan fingerprint density at radius 2 is 1.76 bits per heavy atom. The van der Waals surface area contributed by atoms with Crippen molar-refractivity contribution in [2.24, 2.45) is 11.1 Å². The molecule has 0 radical (unpaired) electrons. The number of nitrogens with two attached hydrogens (primary N) is 1. The molecule has 1 saturated heterocycles. The molecule has 1 amide bonds. The molecule has 1 aliphatic heterocycles. The van der Waals surface area contributed by atoms with Crippen molar-refractivity contribution in [1.29, 1.82) is 0 Å². The molecule has 3 N–H and O–H groups in total. The number of amides is 1. The second kappa shape index (κ2) is 12.3. The van der Waals surface area contributed by atoms with Gasteiger partial charge in [-0.05, 0) is 64.8 Å². The number of nitrogens with zero attached hydrogens (tertiary/aromatic N) is 2. The van der Waals surface area contributed by atoms with Gasteiger partial charge in [0, 0.05) is 25.6 Å². The summed E-state index contributed by atoms with van der Waals surface area (Å²) in [5.74, 6) is 0.195. The van der Waals surface area contributed by atoms with Crippen LogP contribution in [0.4, 0.5) is 0 Å². The van der Waals surface area contributed by atoms with Gasteiger partial charge < -0.3 is 20.9 Å². The molecule has 2 aliphatic rings. The van der Waals surface area contributed by atoms with Crippen molar-refractivity contribution >= 4 is 30.7 Å². The highest BCUT2D eigenvalue weighted by Crippen LogP contribution is 2.38. The van der Waals surface area contributed by atoms with E-state index in [0.29, 0.717) is 13.0 Å². The fourth-order valence-corrected chi connectivity index (χ4v) is 4.17. The number of hydrogen-bond donors (Lipinski definition) is 2. The third-order valence-corrected chi connectivity index (χ3v) is 5.92. The molecule has 1 heterocycles. The first-order chi connectivity index (χ1) is 11.0. The largest absolute Gasteiger partial charge is 0.355 e. The molecule has 0 aromatic carbocycles. The zero-order valence-corrected chi connectivity index (χ0v) is 17.6. The van der Waals surface area contributed by atoms with Gasteiger partial charge in [-0.15, -0.1) is 24.8 Å². The van der Waals surface area contributed by atoms with E-state index in [1.54, 1.807) is 0 Å². The normalized spacial score (nSPS) is 21.3. The lowest BCUT2D eigenvalue weighted by Gasteiger charge is -2.36. The van der Waals surface area contributed by atoms with E-state index in [-0.39, 0.29) is 36.1 Å². The topological polar surface area (TPSA) is 61.6 Å². The second-order valence-corrected chi connectivity index (χ2v) is 7.83. The SMILES string of the molecule is CN(C)C1CCN(CCNC(=O)CC2(CN)CCCCC2)CC1.Cl.Cl. The Labute approximate surface area is 166 Å². The first-order valence-corrected chi connectivity index (χ1v) is 9.40. The minimum atomic E-state index is 0. The lowest BCUT2D eigenvalue weighted by Crippen LogP contribution is -2.45. The Balaban J connectivity index is 0.00000288. The fraction of sp³-hybridized carbons (Fsp3) is 0.944. The van der Waals surface area contributed by atoms with Gasteiger partial charge in [-0.25, -0.2) is 0 Å². The average molecular weight is 397 g/mol. The predicted octanol–water partition coefficient (Wildman–Crippen LogP) is 2.27. The molecule has 150 valence electrons. The molecule has 0 atom stereocenters. The van der Waals surface area contributed by atoms with Gasteiger partial charge in [0.2, 0.25) is 5.91 Å². The van der Waals surface area contributed by atoms with Gasteiger partial charge in [-0.3, -0.25) is 4.79 Å². The summed E-state index contributed by atoms with van der Waals surface area (Å²) < 4.78 is 0. The number of carbonyl (C=O) groups is 1. The molecule has 0 unspecified atom stereocenters. The highest BCUT2D eigenvalue weighted by atomic mass is 35.5. The van der Waals surface area contributed by atoms with E-state index in [4.69, 9.17) is 5.73 Å². The van der Waals surface area contributed by atoms with Crippen molar-refractivity contribution in [2.45, 2.75) is 57.4 Å². The van der Waals surface area contributed by atoms with Crippen LogP contribution in [-0.4, -0.2) is 68.6 Å². The molecule has 7 heteroatoms. The molecule has 1 aliphatic carbocycles. The quantitative estimate of drug-likeness (QED) is 0.692. The van der Waals surface area contributed by atoms with Crippen molar-refractivity contribution in [3.63, 3.8) is 0 Å². The second-order valence-electron chi connectivity index (χ2n) is 7.83. The van der Waals surface area contributed by atoms with Gasteiger partial charge in [0.05, 0.1) is 0 Å². The number of carbonyl (C=O) groups excluding carboxylic acids is 1. The minimum Gasteiger partial charge on any atom is -0.355 e. The van der Waals surface area contributed by atoms with Crippen molar-refractivity contribution in [3.05, 3.63) is 0 Å². The Kier molecular flexibility index (Phi) is 12.3. The lowest BCUT2D eigenvalue weighted by molar-refractivity contribution is -0.123. The van der Waals surface area contributed by atoms with E-state index >= 15 is 0 Å². The van der Waals surface area contributed by atoms with Crippen LogP contribution in [0, 0.1) is 5.41 Å². The van der Waals surface area contributed by atoms with Crippen LogP contribution < -0.4 is 11.1 Å². The molecule has 0 aromatic heterocycles. The van der Waals surface area contributed by atoms with E-state index in [2.05, 4.69) is 29.2 Å². The summed E-state index contributed by atoms with van der Waals surface area (Å²) in [6.07, 6.45) is 9.08. The van der Waals surface area contributed by atoms with E-state index in [1.807, 2.05) is 0 Å². The summed E-state index contributed by atoms with van der Waals surface area (Å²) >= 11 is 0. The third kappa shape index (κ3) is 8.00. The third-order valence-electron chi connectivity index (χ3n) is 5.92. The van der Waals surface area contributed by atoms with Crippen LogP contribution in [-0.2, 0) is 4.79 Å². The molecular formula is C18H38Cl2N4O. The number of piperidine rings is 1. The Bertz CT molecular complexity index is 368. The summed E-state index contributed by atoms with van der Waals surface area (Å²) in [5, 5.41) is 3.12. The highest BCUT2D eigenvalue weighted by molar-refractivity contribution is 5.85. The smallest absolute Gasteiger partial charge is 0.220 e. The van der Waals surface area contributed by atoms with Crippen LogP contribution in [0.15, 0.2) is 0 Å². The van der Waals surface area contributed by atoms with Crippen LogP contribution in [0.3, 0.4) is 0 Å². The zero-order chi connectivity index (χ0) is 16.7. The monoisotopic (exact) mass is 396 g/mol. The maximum atomic E-state index is 12.3. The van der Waals surface area contributed by atoms with Crippen molar-refractivity contribution < 1.29 is 4.79 Å². The number of likely N-dealkylation sites (tertiary alicyclic amines) is 1. The first-order valence-electron chi connectivity index (χ1n) is 9.40. The number of nitrogens with one attached hydrogen (secondary N) is 1. The van der Waals surface area contributed by atoms with E-state index in [1.165, 1.54) is 32.1 Å². The highest BCUT2D eigenvalue weighted by Gasteiger charge is 2.32. The van der Waals surface area contributed by atoms with Crippen molar-refractivity contribution in [1.82, 2.24) is 15.1 Å². The predicted molar refractivity (Wildman–Crippen MR) is 110 cm³/mol. The van der Waals surface area contributed by atoms with E-state index in [9.17, 15) is 4.79 Å². The van der Waals surface area contributed by atoms with Crippen LogP contribution >= 0.6 is 24.8 Å². The fourth-order valence-electron chi connectivity index (χ4n) is 4.17. The van der Waals surface area contributed by atoms with Crippen LogP contribution in [0.5, 0.6) is 0 Å². The molecule has 2 fully saturated rings. The molecule has 0 bridgehead atoms. The van der Waals surface area contributed by atoms with Crippen molar-refractivity contribution in [2.75, 3.05) is 46.8 Å². The Morgan fingerprint density at radius 3 is 2.28 bits per heavy atom. The van der Waals surface area contributed by atoms with Crippen molar-refractivity contribution in [3.8, 4) is 0 Å². The summed E-state index contributed by atoms with van der Waals surface area (Å²) in [5.41, 5.74) is 6.05. The zero-order valence-electron chi connectivity index (χ0n) is 16.0. The molecular weight excluding hydrogens is 359 g/mol. The van der Waals surface area contributed by atoms with Crippen LogP contribution in [0.1, 0.15) is 51.4 Å². The summed E-state index contributed by atoms with van der Waals surface area (Å²) in [7, 11) is 4.33. The molecule has 2 rings (SSSR count). The Hall–Kier alpha value is -0.0700. The summed E-state index contributed by atoms with van der Waals surface area (Å²) in [4.78, 5) is 17.1. The summed E-state index contributed by atoms with van der Waals surface area (Å²) in [6.45, 7) is 4.68. The Morgan fingerprint density at radius 1 is 1.16 bits per heavy atom. The van der Waals surface area contributed by atoms with Gasteiger partial charge in [0.1, 0.15) is 0 Å². The van der Waals surface area contributed by atoms with Gasteiger partial charge in [0.25, 0.3) is 0 Å². The van der Waals surface area contributed by atoms with Crippen LogP contribution in [0.2, 0.25) is 0 Å². The molecule has 1 saturated carbocycles. The van der Waals surface area contributed by atoms with Gasteiger partial charge in [0.15, 0.2) is 0 Å². The van der Waals surface area contributed by atoms with Gasteiger partial charge in [-0.1, -0.05) is 19.3 Å². The standard InChI is InChI=1S/C18H36N4O.2ClH/c1-21(2)16-6-11-22(12-7-16)13-10-20-17(23)14-18(15-19)8-4-3-5-9-18;;/h16H,3-15,19H2,1-2H3,(H,20,23);2*1H. The first kappa shape index (κ1) is 24.9. The minimum absolute atomic E-state index is 0. The molecule has 0 aromatic rings. The van der Waals surface area contributed by atoms with Gasteiger partial charge >= 0.3 is 0 Å².